The summed E-state index contributed by atoms with van der Waals surface area (Å²) in [6.45, 7) is 0.293. The van der Waals surface area contributed by atoms with Gasteiger partial charge in [0.15, 0.2) is 5.60 Å². The number of carboxylic acid groups (broad SMARTS) is 1. The van der Waals surface area contributed by atoms with Crippen LogP contribution in [-0.2, 0) is 17.0 Å². The zero-order valence-corrected chi connectivity index (χ0v) is 19.2. The number of aromatic carboxylic acids is 1. The van der Waals surface area contributed by atoms with Crippen LogP contribution < -0.4 is 10.2 Å². The summed E-state index contributed by atoms with van der Waals surface area (Å²) in [7, 11) is 0. The van der Waals surface area contributed by atoms with Gasteiger partial charge in [0.05, 0.1) is 11.8 Å². The number of rotatable bonds is 9. The second-order valence-corrected chi connectivity index (χ2v) is 8.00. The Bertz CT molecular complexity index is 1300. The molecule has 0 aliphatic rings. The van der Waals surface area contributed by atoms with Crippen LogP contribution in [0.25, 0.3) is 0 Å². The Balaban J connectivity index is 1.39. The minimum atomic E-state index is -1.90. The van der Waals surface area contributed by atoms with Crippen LogP contribution in [0.5, 0.6) is 5.75 Å². The third-order valence-electron chi connectivity index (χ3n) is 5.58. The Labute approximate surface area is 208 Å². The summed E-state index contributed by atoms with van der Waals surface area (Å²) in [5, 5.41) is 24.4. The fourth-order valence-electron chi connectivity index (χ4n) is 3.59. The van der Waals surface area contributed by atoms with E-state index in [2.05, 4.69) is 10.5 Å². The predicted octanol–water partition coefficient (Wildman–Crippen LogP) is 4.35. The molecule has 0 aliphatic carbocycles. The van der Waals surface area contributed by atoms with Crippen molar-refractivity contribution in [3.05, 3.63) is 137 Å². The van der Waals surface area contributed by atoms with Crippen LogP contribution in [0.1, 0.15) is 32.6 Å². The largest absolute Gasteiger partial charge is 0.489 e. The van der Waals surface area contributed by atoms with Gasteiger partial charge in [-0.05, 0) is 58.7 Å². The predicted molar refractivity (Wildman–Crippen MR) is 136 cm³/mol. The highest BCUT2D eigenvalue weighted by atomic mass is 16.5. The molecule has 180 valence electrons. The van der Waals surface area contributed by atoms with Crippen LogP contribution in [0.3, 0.4) is 0 Å². The Morgan fingerprint density at radius 2 is 1.36 bits per heavy atom. The number of nitrogens with one attached hydrogen (secondary N) is 1. The van der Waals surface area contributed by atoms with Gasteiger partial charge in [0.2, 0.25) is 0 Å². The maximum Gasteiger partial charge on any atom is 0.335 e. The molecular weight excluding hydrogens is 456 g/mol. The number of ether oxygens (including phenoxy) is 1. The molecule has 7 heteroatoms. The Morgan fingerprint density at radius 1 is 0.806 bits per heavy atom. The van der Waals surface area contributed by atoms with Crippen molar-refractivity contribution in [1.29, 1.82) is 0 Å². The second-order valence-electron chi connectivity index (χ2n) is 8.00. The zero-order chi connectivity index (χ0) is 25.4. The van der Waals surface area contributed by atoms with E-state index in [1.165, 1.54) is 18.3 Å². The number of carbonyl (C=O) groups excluding carboxylic acids is 1. The lowest BCUT2D eigenvalue weighted by Gasteiger charge is -2.27. The second kappa shape index (κ2) is 11.1. The smallest absolute Gasteiger partial charge is 0.335 e. The van der Waals surface area contributed by atoms with E-state index in [1.807, 2.05) is 12.1 Å². The molecule has 36 heavy (non-hydrogen) atoms. The van der Waals surface area contributed by atoms with Gasteiger partial charge >= 0.3 is 5.97 Å². The van der Waals surface area contributed by atoms with Crippen molar-refractivity contribution < 1.29 is 24.5 Å². The number of aliphatic hydroxyl groups is 1. The van der Waals surface area contributed by atoms with Crippen LogP contribution >= 0.6 is 0 Å². The zero-order valence-electron chi connectivity index (χ0n) is 19.2. The summed E-state index contributed by atoms with van der Waals surface area (Å²) in [6, 6.07) is 31.0. The van der Waals surface area contributed by atoms with Gasteiger partial charge in [0, 0.05) is 0 Å². The van der Waals surface area contributed by atoms with Crippen LogP contribution in [-0.4, -0.2) is 28.3 Å². The van der Waals surface area contributed by atoms with Gasteiger partial charge < -0.3 is 14.9 Å². The molecule has 0 heterocycles. The highest BCUT2D eigenvalue weighted by Crippen LogP contribution is 2.29. The molecule has 0 fully saturated rings. The molecule has 0 atom stereocenters. The third-order valence-corrected chi connectivity index (χ3v) is 5.58. The summed E-state index contributed by atoms with van der Waals surface area (Å²) in [5.41, 5.74) is 3.20. The summed E-state index contributed by atoms with van der Waals surface area (Å²) in [4.78, 5) is 24.0. The lowest BCUT2D eigenvalue weighted by molar-refractivity contribution is -0.136. The molecule has 4 rings (SSSR count). The molecule has 0 saturated carbocycles. The number of carboxylic acids is 1. The third kappa shape index (κ3) is 5.65. The standard InChI is InChI=1S/C29H24N2O5/c32-27(33)23-15-11-22(12-16-23)20-36-26-17-13-21(14-18-26)19-30-31-28(34)29(35,24-7-3-1-4-8-24)25-9-5-2-6-10-25/h1-19,35H,20H2,(H,31,34)(H,32,33)/b30-19+. The van der Waals surface area contributed by atoms with Crippen molar-refractivity contribution in [2.75, 3.05) is 0 Å². The van der Waals surface area contributed by atoms with E-state index in [9.17, 15) is 14.7 Å². The Kier molecular flexibility index (Phi) is 7.53. The number of nitrogens with zero attached hydrogens (tertiary/aromatic N) is 1. The first-order valence-corrected chi connectivity index (χ1v) is 11.2. The van der Waals surface area contributed by atoms with E-state index in [4.69, 9.17) is 9.84 Å². The van der Waals surface area contributed by atoms with Crippen molar-refractivity contribution in [3.63, 3.8) is 0 Å². The fraction of sp³-hybridized carbons (Fsp3) is 0.0690. The van der Waals surface area contributed by atoms with Gasteiger partial charge in [0.1, 0.15) is 12.4 Å². The quantitative estimate of drug-likeness (QED) is 0.244. The molecule has 0 radical (unpaired) electrons. The average molecular weight is 481 g/mol. The van der Waals surface area contributed by atoms with Gasteiger partial charge in [-0.25, -0.2) is 10.2 Å². The lowest BCUT2D eigenvalue weighted by Crippen LogP contribution is -2.43. The van der Waals surface area contributed by atoms with E-state index >= 15 is 0 Å². The number of hydrazone groups is 1. The van der Waals surface area contributed by atoms with E-state index in [1.54, 1.807) is 84.9 Å². The molecule has 0 saturated heterocycles. The van der Waals surface area contributed by atoms with Gasteiger partial charge in [-0.2, -0.15) is 5.10 Å². The summed E-state index contributed by atoms with van der Waals surface area (Å²) in [5.74, 6) is -1.02. The van der Waals surface area contributed by atoms with Crippen LogP contribution in [0, 0.1) is 0 Å². The SMILES string of the molecule is O=C(O)c1ccc(COc2ccc(/C=N/NC(=O)C(O)(c3ccccc3)c3ccccc3)cc2)cc1. The summed E-state index contributed by atoms with van der Waals surface area (Å²) in [6.07, 6.45) is 1.47. The fourth-order valence-corrected chi connectivity index (χ4v) is 3.59. The maximum atomic E-state index is 13.1. The number of hydrogen-bond acceptors (Lipinski definition) is 5. The van der Waals surface area contributed by atoms with E-state index in [-0.39, 0.29) is 5.56 Å². The molecule has 7 nitrogen and oxygen atoms in total. The van der Waals surface area contributed by atoms with Gasteiger partial charge in [-0.15, -0.1) is 0 Å². The van der Waals surface area contributed by atoms with Crippen molar-refractivity contribution in [2.24, 2.45) is 5.10 Å². The number of benzene rings is 4. The van der Waals surface area contributed by atoms with Gasteiger partial charge in [-0.3, -0.25) is 4.79 Å². The maximum absolute atomic E-state index is 13.1. The van der Waals surface area contributed by atoms with Gasteiger partial charge in [0.25, 0.3) is 5.91 Å². The molecular formula is C29H24N2O5. The number of amides is 1. The first kappa shape index (κ1) is 24.4. The molecule has 0 unspecified atom stereocenters. The average Bonchev–Trinajstić information content (AvgIpc) is 2.93. The van der Waals surface area contributed by atoms with Crippen LogP contribution in [0.15, 0.2) is 114 Å². The number of hydrogen-bond donors (Lipinski definition) is 3. The monoisotopic (exact) mass is 480 g/mol. The number of carbonyl (C=O) groups is 2. The molecule has 0 aliphatic heterocycles. The van der Waals surface area contributed by atoms with E-state index in [0.717, 1.165) is 11.1 Å². The molecule has 0 spiro atoms. The molecule has 1 amide bonds. The van der Waals surface area contributed by atoms with E-state index in [0.29, 0.717) is 23.5 Å². The molecule has 0 aromatic heterocycles. The molecule has 3 N–H and O–H groups in total. The summed E-state index contributed by atoms with van der Waals surface area (Å²) >= 11 is 0. The van der Waals surface area contributed by atoms with Crippen LogP contribution in [0.4, 0.5) is 0 Å². The minimum absolute atomic E-state index is 0.223. The van der Waals surface area contributed by atoms with Crippen molar-refractivity contribution in [2.45, 2.75) is 12.2 Å². The van der Waals surface area contributed by atoms with Gasteiger partial charge in [-0.1, -0.05) is 72.8 Å². The molecule has 4 aromatic rings. The Hall–Kier alpha value is -4.75. The normalized spacial score (nSPS) is 11.2. The molecule has 4 aromatic carbocycles. The minimum Gasteiger partial charge on any atom is -0.489 e. The first-order valence-electron chi connectivity index (χ1n) is 11.2. The van der Waals surface area contributed by atoms with Crippen LogP contribution in [0.2, 0.25) is 0 Å². The highest BCUT2D eigenvalue weighted by Gasteiger charge is 2.39. The van der Waals surface area contributed by atoms with Crippen molar-refractivity contribution in [3.8, 4) is 5.75 Å². The summed E-state index contributed by atoms with van der Waals surface area (Å²) < 4.78 is 5.74. The molecule has 0 bridgehead atoms. The Morgan fingerprint density at radius 3 is 1.89 bits per heavy atom. The highest BCUT2D eigenvalue weighted by molar-refractivity contribution is 5.91. The first-order chi connectivity index (χ1) is 17.5. The van der Waals surface area contributed by atoms with E-state index < -0.39 is 17.5 Å². The van der Waals surface area contributed by atoms with Crippen molar-refractivity contribution >= 4 is 18.1 Å². The van der Waals surface area contributed by atoms with Crippen molar-refractivity contribution in [1.82, 2.24) is 5.43 Å². The topological polar surface area (TPSA) is 108 Å². The lowest BCUT2D eigenvalue weighted by atomic mass is 9.85.